The van der Waals surface area contributed by atoms with E-state index in [0.717, 1.165) is 12.0 Å². The number of halogens is 1. The molecule has 168 valence electrons. The first-order valence-electron chi connectivity index (χ1n) is 11.0. The van der Waals surface area contributed by atoms with Crippen LogP contribution in [-0.2, 0) is 13.0 Å². The lowest BCUT2D eigenvalue weighted by Crippen LogP contribution is -2.36. The second kappa shape index (κ2) is 8.78. The van der Waals surface area contributed by atoms with Crippen LogP contribution in [0, 0.1) is 17.7 Å². The molecule has 1 saturated carbocycles. The summed E-state index contributed by atoms with van der Waals surface area (Å²) in [5.74, 6) is 1.55. The number of benzene rings is 1. The van der Waals surface area contributed by atoms with Crippen LogP contribution in [0.3, 0.4) is 0 Å². The van der Waals surface area contributed by atoms with E-state index < -0.39 is 0 Å². The zero-order valence-corrected chi connectivity index (χ0v) is 17.7. The van der Waals surface area contributed by atoms with Crippen molar-refractivity contribution in [3.8, 4) is 11.6 Å². The zero-order chi connectivity index (χ0) is 22.1. The van der Waals surface area contributed by atoms with E-state index in [1.165, 1.54) is 29.8 Å². The summed E-state index contributed by atoms with van der Waals surface area (Å²) < 4.78 is 19.3. The molecule has 1 aliphatic carbocycles. The minimum Gasteiger partial charge on any atom is -0.394 e. The third kappa shape index (κ3) is 4.40. The SMILES string of the molecule is O=C(c1cc(F)ccc1CC1CC1)C1CCN(c2cc(-c3nnn(CCO)n3)on2)CC1. The maximum Gasteiger partial charge on any atom is 0.242 e. The highest BCUT2D eigenvalue weighted by atomic mass is 19.1. The molecule has 9 nitrogen and oxygen atoms in total. The molecule has 2 aliphatic rings. The Kier molecular flexibility index (Phi) is 5.69. The topological polar surface area (TPSA) is 110 Å². The number of carbonyl (C=O) groups excluding carboxylic acids is 1. The summed E-state index contributed by atoms with van der Waals surface area (Å²) in [4.78, 5) is 16.6. The Bertz CT molecular complexity index is 1100. The number of hydrogen-bond acceptors (Lipinski definition) is 8. The van der Waals surface area contributed by atoms with Crippen LogP contribution in [0.25, 0.3) is 11.6 Å². The Morgan fingerprint density at radius 2 is 2.00 bits per heavy atom. The first-order valence-corrected chi connectivity index (χ1v) is 11.0. The van der Waals surface area contributed by atoms with Gasteiger partial charge in [0.05, 0.1) is 13.2 Å². The van der Waals surface area contributed by atoms with E-state index in [-0.39, 0.29) is 30.7 Å². The highest BCUT2D eigenvalue weighted by molar-refractivity contribution is 5.99. The van der Waals surface area contributed by atoms with E-state index in [0.29, 0.717) is 54.8 Å². The van der Waals surface area contributed by atoms with Gasteiger partial charge in [-0.2, -0.15) is 4.80 Å². The highest BCUT2D eigenvalue weighted by Gasteiger charge is 2.30. The van der Waals surface area contributed by atoms with E-state index in [9.17, 15) is 9.18 Å². The van der Waals surface area contributed by atoms with Gasteiger partial charge in [-0.3, -0.25) is 4.79 Å². The van der Waals surface area contributed by atoms with Gasteiger partial charge in [0.2, 0.25) is 11.6 Å². The number of aromatic nitrogens is 5. The molecule has 0 spiro atoms. The molecule has 1 N–H and O–H groups in total. The number of ketones is 1. The standard InChI is InChI=1S/C22H25FN6O3/c23-17-4-3-16(11-14-1-2-14)18(12-17)21(31)15-5-7-28(8-6-15)20-13-19(32-26-20)22-24-27-29(25-22)9-10-30/h3-4,12-15,30H,1-2,5-11H2. The van der Waals surface area contributed by atoms with Gasteiger partial charge in [0.15, 0.2) is 11.6 Å². The Labute approximate surface area is 184 Å². The van der Waals surface area contributed by atoms with Gasteiger partial charge in [0.1, 0.15) is 5.82 Å². The Balaban J connectivity index is 1.23. The minimum absolute atomic E-state index is 0.0466. The molecule has 10 heteroatoms. The molecular formula is C22H25FN6O3. The van der Waals surface area contributed by atoms with Gasteiger partial charge in [0, 0.05) is 30.6 Å². The summed E-state index contributed by atoms with van der Waals surface area (Å²) in [6.07, 6.45) is 4.59. The predicted octanol–water partition coefficient (Wildman–Crippen LogP) is 2.51. The number of aliphatic hydroxyl groups is 1. The van der Waals surface area contributed by atoms with Crippen LogP contribution in [-0.4, -0.2) is 56.0 Å². The molecule has 1 aromatic carbocycles. The number of tetrazole rings is 1. The lowest BCUT2D eigenvalue weighted by atomic mass is 9.86. The Morgan fingerprint density at radius 3 is 2.75 bits per heavy atom. The quantitative estimate of drug-likeness (QED) is 0.532. The summed E-state index contributed by atoms with van der Waals surface area (Å²) in [5.41, 5.74) is 1.53. The van der Waals surface area contributed by atoms with E-state index >= 15 is 0 Å². The third-order valence-corrected chi connectivity index (χ3v) is 6.20. The molecule has 1 saturated heterocycles. The van der Waals surface area contributed by atoms with Crippen LogP contribution in [0.15, 0.2) is 28.8 Å². The second-order valence-electron chi connectivity index (χ2n) is 8.56. The molecule has 3 heterocycles. The summed E-state index contributed by atoms with van der Waals surface area (Å²) >= 11 is 0. The van der Waals surface area contributed by atoms with Gasteiger partial charge in [-0.25, -0.2) is 4.39 Å². The average molecular weight is 440 g/mol. The van der Waals surface area contributed by atoms with Crippen LogP contribution in [0.1, 0.15) is 41.6 Å². The zero-order valence-electron chi connectivity index (χ0n) is 17.7. The molecule has 0 unspecified atom stereocenters. The fraction of sp³-hybridized carbons (Fsp3) is 0.500. The summed E-state index contributed by atoms with van der Waals surface area (Å²) in [6.45, 7) is 1.48. The van der Waals surface area contributed by atoms with Gasteiger partial charge < -0.3 is 14.5 Å². The lowest BCUT2D eigenvalue weighted by molar-refractivity contribution is 0.0899. The van der Waals surface area contributed by atoms with E-state index in [2.05, 4.69) is 25.5 Å². The molecular weight excluding hydrogens is 415 g/mol. The summed E-state index contributed by atoms with van der Waals surface area (Å²) in [7, 11) is 0. The monoisotopic (exact) mass is 440 g/mol. The van der Waals surface area contributed by atoms with Crippen molar-refractivity contribution in [2.45, 2.75) is 38.6 Å². The fourth-order valence-electron chi connectivity index (χ4n) is 4.23. The maximum absolute atomic E-state index is 13.9. The molecule has 0 radical (unpaired) electrons. The molecule has 0 amide bonds. The number of rotatable bonds is 8. The van der Waals surface area contributed by atoms with Crippen molar-refractivity contribution in [1.29, 1.82) is 0 Å². The minimum atomic E-state index is -0.356. The third-order valence-electron chi connectivity index (χ3n) is 6.20. The molecule has 0 atom stereocenters. The normalized spacial score (nSPS) is 17.1. The van der Waals surface area contributed by atoms with Crippen molar-refractivity contribution < 1.29 is 18.8 Å². The number of hydrogen-bond donors (Lipinski definition) is 1. The number of anilines is 1. The van der Waals surface area contributed by atoms with E-state index in [1.807, 2.05) is 0 Å². The lowest BCUT2D eigenvalue weighted by Gasteiger charge is -2.31. The van der Waals surface area contributed by atoms with Crippen molar-refractivity contribution in [2.24, 2.45) is 11.8 Å². The number of carbonyl (C=O) groups is 1. The molecule has 0 bridgehead atoms. The van der Waals surface area contributed by atoms with Gasteiger partial charge in [-0.15, -0.1) is 10.2 Å². The van der Waals surface area contributed by atoms with Crippen molar-refractivity contribution in [1.82, 2.24) is 25.4 Å². The summed E-state index contributed by atoms with van der Waals surface area (Å²) in [5, 5.41) is 25.0. The summed E-state index contributed by atoms with van der Waals surface area (Å²) in [6, 6.07) is 6.39. The molecule has 5 rings (SSSR count). The van der Waals surface area contributed by atoms with Crippen molar-refractivity contribution in [3.05, 3.63) is 41.2 Å². The van der Waals surface area contributed by atoms with Crippen LogP contribution in [0.2, 0.25) is 0 Å². The largest absolute Gasteiger partial charge is 0.394 e. The van der Waals surface area contributed by atoms with Crippen molar-refractivity contribution >= 4 is 11.6 Å². The van der Waals surface area contributed by atoms with Crippen molar-refractivity contribution in [2.75, 3.05) is 24.6 Å². The number of aliphatic hydroxyl groups excluding tert-OH is 1. The Morgan fingerprint density at radius 1 is 1.19 bits per heavy atom. The van der Waals surface area contributed by atoms with Crippen LogP contribution in [0.5, 0.6) is 0 Å². The number of piperidine rings is 1. The van der Waals surface area contributed by atoms with E-state index in [4.69, 9.17) is 9.63 Å². The second-order valence-corrected chi connectivity index (χ2v) is 8.56. The van der Waals surface area contributed by atoms with Crippen LogP contribution >= 0.6 is 0 Å². The maximum atomic E-state index is 13.9. The van der Waals surface area contributed by atoms with Gasteiger partial charge in [-0.05, 0) is 60.9 Å². The van der Waals surface area contributed by atoms with Gasteiger partial charge in [-0.1, -0.05) is 11.2 Å². The molecule has 1 aliphatic heterocycles. The van der Waals surface area contributed by atoms with Crippen LogP contribution < -0.4 is 4.90 Å². The number of nitrogens with zero attached hydrogens (tertiary/aromatic N) is 6. The van der Waals surface area contributed by atoms with Crippen LogP contribution in [0.4, 0.5) is 10.2 Å². The van der Waals surface area contributed by atoms with Crippen molar-refractivity contribution in [3.63, 3.8) is 0 Å². The molecule has 32 heavy (non-hydrogen) atoms. The predicted molar refractivity (Wildman–Crippen MR) is 112 cm³/mol. The van der Waals surface area contributed by atoms with Gasteiger partial charge >= 0.3 is 0 Å². The Hall–Kier alpha value is -3.14. The smallest absolute Gasteiger partial charge is 0.242 e. The average Bonchev–Trinajstić information content (AvgIpc) is 3.28. The first-order chi connectivity index (χ1) is 15.6. The fourth-order valence-corrected chi connectivity index (χ4v) is 4.23. The number of Topliss-reactive ketones (excluding diaryl/α,β-unsaturated/α-hetero) is 1. The molecule has 2 aromatic heterocycles. The molecule has 2 fully saturated rings. The molecule has 3 aromatic rings. The first kappa shape index (κ1) is 20.7. The highest BCUT2D eigenvalue weighted by Crippen LogP contribution is 2.35. The van der Waals surface area contributed by atoms with E-state index in [1.54, 1.807) is 12.1 Å². The van der Waals surface area contributed by atoms with Gasteiger partial charge in [0.25, 0.3) is 0 Å².